The number of hydrogen-bond donors (Lipinski definition) is 1. The van der Waals surface area contributed by atoms with Crippen molar-refractivity contribution in [3.05, 3.63) is 35.9 Å². The third-order valence-electron chi connectivity index (χ3n) is 3.67. The normalized spacial score (nSPS) is 21.4. The molecule has 1 N–H and O–H groups in total. The van der Waals surface area contributed by atoms with Gasteiger partial charge >= 0.3 is 0 Å². The Morgan fingerprint density at radius 2 is 2.06 bits per heavy atom. The fraction of sp³-hybridized carbons (Fsp3) is 0.625. The van der Waals surface area contributed by atoms with Crippen LogP contribution < -0.4 is 5.32 Å². The van der Waals surface area contributed by atoms with Gasteiger partial charge in [-0.05, 0) is 37.4 Å². The van der Waals surface area contributed by atoms with Crippen LogP contribution in [0.1, 0.15) is 32.3 Å². The first-order valence-corrected chi connectivity index (χ1v) is 7.23. The standard InChI is InChI=1S/C16H26N2/c1-14(2)17-11-16-9-6-10-18(13-16)12-15-7-4-3-5-8-15/h3-5,7-8,14,16-17H,6,9-13H2,1-2H3/t16-/m0/s1. The average molecular weight is 246 g/mol. The third kappa shape index (κ3) is 4.43. The van der Waals surface area contributed by atoms with Gasteiger partial charge in [0.05, 0.1) is 0 Å². The van der Waals surface area contributed by atoms with Crippen LogP contribution in [0.25, 0.3) is 0 Å². The summed E-state index contributed by atoms with van der Waals surface area (Å²) in [7, 11) is 0. The van der Waals surface area contributed by atoms with Crippen molar-refractivity contribution in [2.45, 2.75) is 39.3 Å². The van der Waals surface area contributed by atoms with Gasteiger partial charge in [-0.3, -0.25) is 4.90 Å². The SMILES string of the molecule is CC(C)NC[C@@H]1CCCN(Cc2ccccc2)C1. The molecular formula is C16H26N2. The molecule has 0 saturated carbocycles. The first-order valence-electron chi connectivity index (χ1n) is 7.23. The van der Waals surface area contributed by atoms with E-state index in [0.29, 0.717) is 6.04 Å². The van der Waals surface area contributed by atoms with Gasteiger partial charge in [0.25, 0.3) is 0 Å². The molecule has 2 nitrogen and oxygen atoms in total. The van der Waals surface area contributed by atoms with Gasteiger partial charge in [-0.2, -0.15) is 0 Å². The number of nitrogens with zero attached hydrogens (tertiary/aromatic N) is 1. The third-order valence-corrected chi connectivity index (χ3v) is 3.67. The van der Waals surface area contributed by atoms with E-state index in [1.165, 1.54) is 38.0 Å². The number of piperidine rings is 1. The van der Waals surface area contributed by atoms with Gasteiger partial charge < -0.3 is 5.32 Å². The molecule has 0 aliphatic carbocycles. The lowest BCUT2D eigenvalue weighted by Crippen LogP contribution is -2.40. The lowest BCUT2D eigenvalue weighted by molar-refractivity contribution is 0.164. The van der Waals surface area contributed by atoms with Crippen molar-refractivity contribution >= 4 is 0 Å². The van der Waals surface area contributed by atoms with Gasteiger partial charge in [0.2, 0.25) is 0 Å². The molecule has 1 aliphatic rings. The van der Waals surface area contributed by atoms with Crippen LogP contribution >= 0.6 is 0 Å². The quantitative estimate of drug-likeness (QED) is 0.859. The highest BCUT2D eigenvalue weighted by Crippen LogP contribution is 2.18. The van der Waals surface area contributed by atoms with Crippen molar-refractivity contribution in [2.24, 2.45) is 5.92 Å². The van der Waals surface area contributed by atoms with E-state index in [1.807, 2.05) is 0 Å². The number of nitrogens with one attached hydrogen (secondary N) is 1. The second-order valence-corrected chi connectivity index (χ2v) is 5.79. The number of likely N-dealkylation sites (tertiary alicyclic amines) is 1. The minimum Gasteiger partial charge on any atom is -0.314 e. The summed E-state index contributed by atoms with van der Waals surface area (Å²) in [6.45, 7) is 9.23. The summed E-state index contributed by atoms with van der Waals surface area (Å²) < 4.78 is 0. The maximum atomic E-state index is 3.57. The highest BCUT2D eigenvalue weighted by molar-refractivity contribution is 5.14. The minimum atomic E-state index is 0.606. The molecule has 1 fully saturated rings. The van der Waals surface area contributed by atoms with E-state index in [0.717, 1.165) is 12.5 Å². The first kappa shape index (κ1) is 13.6. The van der Waals surface area contributed by atoms with Crippen LogP contribution in [0.2, 0.25) is 0 Å². The zero-order valence-electron chi connectivity index (χ0n) is 11.7. The van der Waals surface area contributed by atoms with Crippen LogP contribution in [0, 0.1) is 5.92 Å². The van der Waals surface area contributed by atoms with Crippen LogP contribution in [-0.2, 0) is 6.54 Å². The summed E-state index contributed by atoms with van der Waals surface area (Å²) in [5.41, 5.74) is 1.44. The molecule has 0 unspecified atom stereocenters. The Balaban J connectivity index is 1.79. The van der Waals surface area contributed by atoms with Crippen molar-refractivity contribution in [3.8, 4) is 0 Å². The molecule has 1 saturated heterocycles. The summed E-state index contributed by atoms with van der Waals surface area (Å²) in [4.78, 5) is 2.60. The van der Waals surface area contributed by atoms with E-state index in [9.17, 15) is 0 Å². The predicted octanol–water partition coefficient (Wildman–Crippen LogP) is 2.90. The first-order chi connectivity index (χ1) is 8.74. The van der Waals surface area contributed by atoms with Gasteiger partial charge in [0.15, 0.2) is 0 Å². The Bertz CT molecular complexity index is 334. The second-order valence-electron chi connectivity index (χ2n) is 5.79. The van der Waals surface area contributed by atoms with Crippen LogP contribution in [0.4, 0.5) is 0 Å². The number of hydrogen-bond acceptors (Lipinski definition) is 2. The van der Waals surface area contributed by atoms with Crippen molar-refractivity contribution < 1.29 is 0 Å². The molecular weight excluding hydrogens is 220 g/mol. The van der Waals surface area contributed by atoms with Crippen LogP contribution in [-0.4, -0.2) is 30.6 Å². The molecule has 2 heteroatoms. The van der Waals surface area contributed by atoms with E-state index in [-0.39, 0.29) is 0 Å². The molecule has 0 radical (unpaired) electrons. The minimum absolute atomic E-state index is 0.606. The molecule has 1 aromatic carbocycles. The van der Waals surface area contributed by atoms with E-state index < -0.39 is 0 Å². The molecule has 18 heavy (non-hydrogen) atoms. The van der Waals surface area contributed by atoms with E-state index in [4.69, 9.17) is 0 Å². The maximum absolute atomic E-state index is 3.57. The molecule has 0 spiro atoms. The topological polar surface area (TPSA) is 15.3 Å². The molecule has 100 valence electrons. The Hall–Kier alpha value is -0.860. The highest BCUT2D eigenvalue weighted by Gasteiger charge is 2.19. The summed E-state index contributed by atoms with van der Waals surface area (Å²) >= 11 is 0. The lowest BCUT2D eigenvalue weighted by Gasteiger charge is -2.33. The van der Waals surface area contributed by atoms with E-state index in [1.54, 1.807) is 0 Å². The molecule has 1 atom stereocenters. The molecule has 1 heterocycles. The highest BCUT2D eigenvalue weighted by atomic mass is 15.1. The van der Waals surface area contributed by atoms with Gasteiger partial charge in [-0.1, -0.05) is 44.2 Å². The summed E-state index contributed by atoms with van der Waals surface area (Å²) in [6, 6.07) is 11.4. The predicted molar refractivity (Wildman–Crippen MR) is 77.6 cm³/mol. The van der Waals surface area contributed by atoms with Crippen molar-refractivity contribution in [1.29, 1.82) is 0 Å². The van der Waals surface area contributed by atoms with Crippen molar-refractivity contribution in [3.63, 3.8) is 0 Å². The summed E-state index contributed by atoms with van der Waals surface area (Å²) in [6.07, 6.45) is 2.72. The molecule has 2 rings (SSSR count). The summed E-state index contributed by atoms with van der Waals surface area (Å²) in [5.74, 6) is 0.824. The Labute approximate surface area is 111 Å². The van der Waals surface area contributed by atoms with Crippen LogP contribution in [0.15, 0.2) is 30.3 Å². The number of rotatable bonds is 5. The maximum Gasteiger partial charge on any atom is 0.0233 e. The Morgan fingerprint density at radius 3 is 2.78 bits per heavy atom. The van der Waals surface area contributed by atoms with Gasteiger partial charge in [-0.15, -0.1) is 0 Å². The van der Waals surface area contributed by atoms with Crippen LogP contribution in [0.3, 0.4) is 0 Å². The van der Waals surface area contributed by atoms with Gasteiger partial charge in [0, 0.05) is 19.1 Å². The molecule has 0 bridgehead atoms. The Morgan fingerprint density at radius 1 is 1.28 bits per heavy atom. The summed E-state index contributed by atoms with van der Waals surface area (Å²) in [5, 5.41) is 3.57. The molecule has 1 aromatic rings. The van der Waals surface area contributed by atoms with Crippen molar-refractivity contribution in [2.75, 3.05) is 19.6 Å². The smallest absolute Gasteiger partial charge is 0.0233 e. The monoisotopic (exact) mass is 246 g/mol. The van der Waals surface area contributed by atoms with Crippen LogP contribution in [0.5, 0.6) is 0 Å². The fourth-order valence-electron chi connectivity index (χ4n) is 2.71. The Kier molecular flexibility index (Phi) is 5.21. The molecule has 0 aromatic heterocycles. The zero-order valence-corrected chi connectivity index (χ0v) is 11.7. The number of benzene rings is 1. The largest absolute Gasteiger partial charge is 0.314 e. The fourth-order valence-corrected chi connectivity index (χ4v) is 2.71. The van der Waals surface area contributed by atoms with Gasteiger partial charge in [-0.25, -0.2) is 0 Å². The average Bonchev–Trinajstić information content (AvgIpc) is 2.38. The lowest BCUT2D eigenvalue weighted by atomic mass is 9.97. The van der Waals surface area contributed by atoms with Gasteiger partial charge in [0.1, 0.15) is 0 Å². The molecule has 1 aliphatic heterocycles. The van der Waals surface area contributed by atoms with E-state index in [2.05, 4.69) is 54.4 Å². The molecule has 0 amide bonds. The van der Waals surface area contributed by atoms with E-state index >= 15 is 0 Å². The second kappa shape index (κ2) is 6.91. The zero-order chi connectivity index (χ0) is 12.8. The van der Waals surface area contributed by atoms with Crippen molar-refractivity contribution in [1.82, 2.24) is 10.2 Å².